The Morgan fingerprint density at radius 1 is 1.04 bits per heavy atom. The molecule has 0 bridgehead atoms. The molecule has 4 rings (SSSR count). The first-order chi connectivity index (χ1) is 12.7. The van der Waals surface area contributed by atoms with E-state index in [2.05, 4.69) is 49.0 Å². The van der Waals surface area contributed by atoms with E-state index in [0.717, 1.165) is 37.3 Å². The van der Waals surface area contributed by atoms with Crippen LogP contribution in [0.15, 0.2) is 47.5 Å². The van der Waals surface area contributed by atoms with Gasteiger partial charge in [-0.15, -0.1) is 0 Å². The molecular weight excluding hydrogens is 328 g/mol. The molecule has 7 nitrogen and oxygen atoms in total. The zero-order chi connectivity index (χ0) is 17.9. The van der Waals surface area contributed by atoms with Gasteiger partial charge in [0.1, 0.15) is 0 Å². The maximum Gasteiger partial charge on any atom is 0.243 e. The summed E-state index contributed by atoms with van der Waals surface area (Å²) < 4.78 is 5.34. The van der Waals surface area contributed by atoms with Crippen LogP contribution in [0.5, 0.6) is 0 Å². The van der Waals surface area contributed by atoms with Crippen molar-refractivity contribution in [2.45, 2.75) is 19.9 Å². The topological polar surface area (TPSA) is 71.2 Å². The molecule has 0 saturated carbocycles. The Morgan fingerprint density at radius 3 is 2.54 bits per heavy atom. The summed E-state index contributed by atoms with van der Waals surface area (Å²) >= 11 is 0. The minimum absolute atomic E-state index is 0.133. The average molecular weight is 350 g/mol. The molecule has 134 valence electrons. The van der Waals surface area contributed by atoms with Crippen molar-refractivity contribution in [1.29, 1.82) is 0 Å². The molecule has 0 radical (unpaired) electrons. The lowest BCUT2D eigenvalue weighted by Crippen LogP contribution is -2.47. The van der Waals surface area contributed by atoms with Crippen LogP contribution in [0, 0.1) is 6.92 Å². The molecule has 0 N–H and O–H groups in total. The fourth-order valence-electron chi connectivity index (χ4n) is 3.40. The second-order valence-corrected chi connectivity index (χ2v) is 6.51. The van der Waals surface area contributed by atoms with Gasteiger partial charge in [0.2, 0.25) is 5.89 Å². The number of aromatic nitrogens is 4. The highest BCUT2D eigenvalue weighted by atomic mass is 16.5. The van der Waals surface area contributed by atoms with Gasteiger partial charge in [-0.05, 0) is 26.0 Å². The molecule has 1 aliphatic rings. The number of aryl methyl sites for hydroxylation is 1. The van der Waals surface area contributed by atoms with Gasteiger partial charge >= 0.3 is 0 Å². The predicted octanol–water partition coefficient (Wildman–Crippen LogP) is 2.72. The quantitative estimate of drug-likeness (QED) is 0.716. The van der Waals surface area contributed by atoms with Crippen LogP contribution in [0.4, 0.5) is 5.69 Å². The maximum atomic E-state index is 5.34. The van der Waals surface area contributed by atoms with Gasteiger partial charge in [-0.1, -0.05) is 11.2 Å². The molecule has 4 heterocycles. The Hall–Kier alpha value is -2.80. The Kier molecular flexibility index (Phi) is 4.62. The number of nitrogens with zero attached hydrogens (tertiary/aromatic N) is 6. The second-order valence-electron chi connectivity index (χ2n) is 6.51. The normalized spacial score (nSPS) is 16.6. The third-order valence-electron chi connectivity index (χ3n) is 4.87. The van der Waals surface area contributed by atoms with Crippen LogP contribution in [0.1, 0.15) is 24.7 Å². The SMILES string of the molecule is Cc1noc(C(C)N2CCN(c3ccncc3-c3cccnc3)CC2)n1. The van der Waals surface area contributed by atoms with Crippen LogP contribution in [-0.4, -0.2) is 51.2 Å². The van der Waals surface area contributed by atoms with E-state index in [-0.39, 0.29) is 6.04 Å². The van der Waals surface area contributed by atoms with E-state index in [0.29, 0.717) is 11.7 Å². The summed E-state index contributed by atoms with van der Waals surface area (Å²) in [6.07, 6.45) is 7.45. The molecule has 1 fully saturated rings. The van der Waals surface area contributed by atoms with Gasteiger partial charge in [-0.2, -0.15) is 4.98 Å². The monoisotopic (exact) mass is 350 g/mol. The smallest absolute Gasteiger partial charge is 0.243 e. The lowest BCUT2D eigenvalue weighted by atomic mass is 10.1. The standard InChI is InChI=1S/C19H22N6O/c1-14(19-22-15(2)23-26-19)24-8-10-25(11-9-24)18-5-7-21-13-17(18)16-4-3-6-20-12-16/h3-7,12-14H,8-11H2,1-2H3. The second kappa shape index (κ2) is 7.21. The van der Waals surface area contributed by atoms with Crippen molar-refractivity contribution < 1.29 is 4.52 Å². The molecule has 0 spiro atoms. The molecule has 0 amide bonds. The van der Waals surface area contributed by atoms with Crippen LogP contribution < -0.4 is 4.90 Å². The van der Waals surface area contributed by atoms with E-state index in [9.17, 15) is 0 Å². The van der Waals surface area contributed by atoms with E-state index in [4.69, 9.17) is 4.52 Å². The Morgan fingerprint density at radius 2 is 1.85 bits per heavy atom. The zero-order valence-corrected chi connectivity index (χ0v) is 15.0. The van der Waals surface area contributed by atoms with E-state index in [1.165, 1.54) is 5.69 Å². The summed E-state index contributed by atoms with van der Waals surface area (Å²) in [5.74, 6) is 1.37. The lowest BCUT2D eigenvalue weighted by Gasteiger charge is -2.38. The Bertz CT molecular complexity index is 857. The van der Waals surface area contributed by atoms with Gasteiger partial charge in [-0.3, -0.25) is 14.9 Å². The van der Waals surface area contributed by atoms with Crippen LogP contribution >= 0.6 is 0 Å². The van der Waals surface area contributed by atoms with E-state index in [1.807, 2.05) is 31.6 Å². The lowest BCUT2D eigenvalue weighted by molar-refractivity contribution is 0.164. The predicted molar refractivity (Wildman–Crippen MR) is 98.7 cm³/mol. The molecule has 0 aromatic carbocycles. The Balaban J connectivity index is 1.49. The molecule has 7 heteroatoms. The third-order valence-corrected chi connectivity index (χ3v) is 4.87. The number of anilines is 1. The molecule has 1 aliphatic heterocycles. The van der Waals surface area contributed by atoms with Crippen LogP contribution in [0.2, 0.25) is 0 Å². The molecular formula is C19H22N6O. The number of hydrogen-bond acceptors (Lipinski definition) is 7. The van der Waals surface area contributed by atoms with Gasteiger partial charge in [0.15, 0.2) is 5.82 Å². The summed E-state index contributed by atoms with van der Waals surface area (Å²) in [5, 5.41) is 3.90. The maximum absolute atomic E-state index is 5.34. The highest BCUT2D eigenvalue weighted by Gasteiger charge is 2.26. The largest absolute Gasteiger partial charge is 0.368 e. The van der Waals surface area contributed by atoms with E-state index >= 15 is 0 Å². The highest BCUT2D eigenvalue weighted by molar-refractivity contribution is 5.77. The molecule has 1 saturated heterocycles. The summed E-state index contributed by atoms with van der Waals surface area (Å²) in [5.41, 5.74) is 3.41. The minimum Gasteiger partial charge on any atom is -0.368 e. The first-order valence-electron chi connectivity index (χ1n) is 8.86. The van der Waals surface area contributed by atoms with E-state index < -0.39 is 0 Å². The number of hydrogen-bond donors (Lipinski definition) is 0. The van der Waals surface area contributed by atoms with Crippen molar-refractivity contribution in [3.05, 3.63) is 54.7 Å². The number of piperazine rings is 1. The van der Waals surface area contributed by atoms with Gasteiger partial charge in [0, 0.05) is 67.8 Å². The van der Waals surface area contributed by atoms with E-state index in [1.54, 1.807) is 6.20 Å². The van der Waals surface area contributed by atoms with Crippen molar-refractivity contribution in [2.24, 2.45) is 0 Å². The van der Waals surface area contributed by atoms with Crippen molar-refractivity contribution in [2.75, 3.05) is 31.1 Å². The van der Waals surface area contributed by atoms with Crippen molar-refractivity contribution in [3.63, 3.8) is 0 Å². The van der Waals surface area contributed by atoms with Gasteiger partial charge in [0.05, 0.1) is 6.04 Å². The summed E-state index contributed by atoms with van der Waals surface area (Å²) in [6, 6.07) is 6.25. The van der Waals surface area contributed by atoms with Crippen LogP contribution in [0.25, 0.3) is 11.1 Å². The summed E-state index contributed by atoms with van der Waals surface area (Å²) in [6.45, 7) is 7.73. The zero-order valence-electron chi connectivity index (χ0n) is 15.0. The molecule has 26 heavy (non-hydrogen) atoms. The fourth-order valence-corrected chi connectivity index (χ4v) is 3.40. The third kappa shape index (κ3) is 3.30. The van der Waals surface area contributed by atoms with Gasteiger partial charge < -0.3 is 9.42 Å². The van der Waals surface area contributed by atoms with Gasteiger partial charge in [-0.25, -0.2) is 0 Å². The van der Waals surface area contributed by atoms with Crippen molar-refractivity contribution in [1.82, 2.24) is 25.0 Å². The average Bonchev–Trinajstić information content (AvgIpc) is 3.14. The Labute approximate surface area is 152 Å². The first kappa shape index (κ1) is 16.7. The molecule has 1 unspecified atom stereocenters. The van der Waals surface area contributed by atoms with Crippen molar-refractivity contribution >= 4 is 5.69 Å². The van der Waals surface area contributed by atoms with Crippen molar-refractivity contribution in [3.8, 4) is 11.1 Å². The highest BCUT2D eigenvalue weighted by Crippen LogP contribution is 2.31. The summed E-state index contributed by atoms with van der Waals surface area (Å²) in [7, 11) is 0. The molecule has 0 aliphatic carbocycles. The van der Waals surface area contributed by atoms with Crippen LogP contribution in [0.3, 0.4) is 0 Å². The number of pyridine rings is 2. The first-order valence-corrected chi connectivity index (χ1v) is 8.86. The number of rotatable bonds is 4. The molecule has 3 aromatic rings. The minimum atomic E-state index is 0.133. The molecule has 1 atom stereocenters. The fraction of sp³-hybridized carbons (Fsp3) is 0.368. The molecule has 3 aromatic heterocycles. The van der Waals surface area contributed by atoms with Gasteiger partial charge in [0.25, 0.3) is 0 Å². The van der Waals surface area contributed by atoms with Crippen LogP contribution in [-0.2, 0) is 0 Å². The summed E-state index contributed by atoms with van der Waals surface area (Å²) in [4.78, 5) is 17.7.